The van der Waals surface area contributed by atoms with Crippen molar-refractivity contribution < 1.29 is 14.3 Å². The summed E-state index contributed by atoms with van der Waals surface area (Å²) in [6.45, 7) is 3.95. The Morgan fingerprint density at radius 1 is 1.42 bits per heavy atom. The highest BCUT2D eigenvalue weighted by Crippen LogP contribution is 2.07. The number of amides is 2. The highest BCUT2D eigenvalue weighted by atomic mass is 16.6. The van der Waals surface area contributed by atoms with Crippen molar-refractivity contribution in [3.63, 3.8) is 0 Å². The maximum atomic E-state index is 11.7. The minimum Gasteiger partial charge on any atom is -0.448 e. The lowest BCUT2D eigenvalue weighted by molar-refractivity contribution is -0.121. The average Bonchev–Trinajstić information content (AvgIpc) is 2.81. The van der Waals surface area contributed by atoms with Crippen LogP contribution in [0.3, 0.4) is 0 Å². The van der Waals surface area contributed by atoms with Gasteiger partial charge in [-0.15, -0.1) is 0 Å². The minimum atomic E-state index is -0.327. The Kier molecular flexibility index (Phi) is 4.39. The quantitative estimate of drug-likeness (QED) is 0.873. The Balaban J connectivity index is 1.73. The van der Waals surface area contributed by atoms with Gasteiger partial charge in [0.2, 0.25) is 5.91 Å². The van der Waals surface area contributed by atoms with Gasteiger partial charge in [-0.3, -0.25) is 4.79 Å². The van der Waals surface area contributed by atoms with Crippen LogP contribution in [0.15, 0.2) is 24.3 Å². The van der Waals surface area contributed by atoms with Gasteiger partial charge >= 0.3 is 6.09 Å². The molecule has 0 bridgehead atoms. The largest absolute Gasteiger partial charge is 0.448 e. The van der Waals surface area contributed by atoms with Crippen LogP contribution in [0.4, 0.5) is 4.79 Å². The molecule has 2 amide bonds. The van der Waals surface area contributed by atoms with Gasteiger partial charge in [0.1, 0.15) is 6.61 Å². The number of carbonyl (C=O) groups is 2. The van der Waals surface area contributed by atoms with Crippen molar-refractivity contribution in [2.45, 2.75) is 19.9 Å². The Bertz CT molecular complexity index is 474. The molecule has 0 aliphatic carbocycles. The predicted molar refractivity (Wildman–Crippen MR) is 70.6 cm³/mol. The standard InChI is InChI=1S/C14H18N2O3/c1-11-4-2-3-5-12(11)10-15-13(17)6-7-16-8-9-19-14(16)18/h2-5H,6-10H2,1H3,(H,15,17). The number of nitrogens with zero attached hydrogens (tertiary/aromatic N) is 1. The van der Waals surface area contributed by atoms with E-state index in [9.17, 15) is 9.59 Å². The van der Waals surface area contributed by atoms with Gasteiger partial charge in [0.15, 0.2) is 0 Å². The van der Waals surface area contributed by atoms with Crippen LogP contribution in [0, 0.1) is 6.92 Å². The summed E-state index contributed by atoms with van der Waals surface area (Å²) in [5, 5.41) is 2.86. The van der Waals surface area contributed by atoms with Crippen LogP contribution in [-0.4, -0.2) is 36.6 Å². The van der Waals surface area contributed by atoms with Gasteiger partial charge in [0.05, 0.1) is 6.54 Å². The highest BCUT2D eigenvalue weighted by molar-refractivity contribution is 5.77. The molecule has 1 fully saturated rings. The van der Waals surface area contributed by atoms with E-state index in [0.717, 1.165) is 11.1 Å². The summed E-state index contributed by atoms with van der Waals surface area (Å²) in [5.41, 5.74) is 2.27. The molecule has 2 rings (SSSR count). The zero-order valence-corrected chi connectivity index (χ0v) is 11.0. The number of cyclic esters (lactones) is 1. The summed E-state index contributed by atoms with van der Waals surface area (Å²) in [7, 11) is 0. The number of ether oxygens (including phenoxy) is 1. The van der Waals surface area contributed by atoms with Crippen molar-refractivity contribution in [3.05, 3.63) is 35.4 Å². The molecule has 1 saturated heterocycles. The summed E-state index contributed by atoms with van der Waals surface area (Å²) in [5.74, 6) is -0.0528. The maximum absolute atomic E-state index is 11.7. The van der Waals surface area contributed by atoms with Gasteiger partial charge in [0.25, 0.3) is 0 Å². The van der Waals surface area contributed by atoms with Gasteiger partial charge in [-0.1, -0.05) is 24.3 Å². The molecule has 1 aliphatic heterocycles. The Morgan fingerprint density at radius 2 is 2.21 bits per heavy atom. The number of nitrogens with one attached hydrogen (secondary N) is 1. The molecule has 0 spiro atoms. The topological polar surface area (TPSA) is 58.6 Å². The molecular weight excluding hydrogens is 244 g/mol. The van der Waals surface area contributed by atoms with E-state index in [1.807, 2.05) is 31.2 Å². The molecule has 1 aromatic carbocycles. The maximum Gasteiger partial charge on any atom is 0.409 e. The number of carbonyl (C=O) groups excluding carboxylic acids is 2. The van der Waals surface area contributed by atoms with Gasteiger partial charge in [-0.25, -0.2) is 4.79 Å². The molecule has 1 aromatic rings. The van der Waals surface area contributed by atoms with Crippen molar-refractivity contribution in [2.24, 2.45) is 0 Å². The van der Waals surface area contributed by atoms with E-state index in [-0.39, 0.29) is 12.0 Å². The van der Waals surface area contributed by atoms with Crippen LogP contribution in [0.5, 0.6) is 0 Å². The second-order valence-corrected chi connectivity index (χ2v) is 4.55. The van der Waals surface area contributed by atoms with Crippen molar-refractivity contribution in [3.8, 4) is 0 Å². The number of hydrogen-bond donors (Lipinski definition) is 1. The third-order valence-electron chi connectivity index (χ3n) is 3.19. The Hall–Kier alpha value is -2.04. The van der Waals surface area contributed by atoms with Gasteiger partial charge in [-0.2, -0.15) is 0 Å². The van der Waals surface area contributed by atoms with Crippen LogP contribution in [0.1, 0.15) is 17.5 Å². The van der Waals surface area contributed by atoms with Crippen LogP contribution >= 0.6 is 0 Å². The first-order valence-corrected chi connectivity index (χ1v) is 6.40. The van der Waals surface area contributed by atoms with Crippen LogP contribution in [0.25, 0.3) is 0 Å². The molecule has 1 N–H and O–H groups in total. The lowest BCUT2D eigenvalue weighted by Crippen LogP contribution is -2.31. The van der Waals surface area contributed by atoms with Crippen LogP contribution in [0.2, 0.25) is 0 Å². The third-order valence-corrected chi connectivity index (χ3v) is 3.19. The molecular formula is C14H18N2O3. The number of benzene rings is 1. The van der Waals surface area contributed by atoms with E-state index in [0.29, 0.717) is 32.7 Å². The summed E-state index contributed by atoms with van der Waals surface area (Å²) in [6.07, 6.45) is -0.0206. The Morgan fingerprint density at radius 3 is 2.89 bits per heavy atom. The van der Waals surface area contributed by atoms with Crippen molar-refractivity contribution >= 4 is 12.0 Å². The minimum absolute atomic E-state index is 0.0528. The number of hydrogen-bond acceptors (Lipinski definition) is 3. The van der Waals surface area contributed by atoms with Crippen molar-refractivity contribution in [1.82, 2.24) is 10.2 Å². The normalized spacial score (nSPS) is 14.4. The van der Waals surface area contributed by atoms with Gasteiger partial charge in [0, 0.05) is 19.5 Å². The number of aryl methyl sites for hydroxylation is 1. The fourth-order valence-corrected chi connectivity index (χ4v) is 1.96. The second kappa shape index (κ2) is 6.22. The van der Waals surface area contributed by atoms with Crippen LogP contribution in [-0.2, 0) is 16.1 Å². The molecule has 19 heavy (non-hydrogen) atoms. The second-order valence-electron chi connectivity index (χ2n) is 4.55. The van der Waals surface area contributed by atoms with Crippen LogP contribution < -0.4 is 5.32 Å². The summed E-state index contributed by atoms with van der Waals surface area (Å²) in [4.78, 5) is 24.4. The predicted octanol–water partition coefficient (Wildman–Crippen LogP) is 1.45. The molecule has 1 heterocycles. The smallest absolute Gasteiger partial charge is 0.409 e. The van der Waals surface area contributed by atoms with Crippen molar-refractivity contribution in [2.75, 3.05) is 19.7 Å². The molecule has 0 atom stereocenters. The highest BCUT2D eigenvalue weighted by Gasteiger charge is 2.21. The van der Waals surface area contributed by atoms with E-state index < -0.39 is 0 Å². The average molecular weight is 262 g/mol. The molecule has 1 aliphatic rings. The fourth-order valence-electron chi connectivity index (χ4n) is 1.96. The molecule has 0 radical (unpaired) electrons. The van der Waals surface area contributed by atoms with E-state index >= 15 is 0 Å². The molecule has 0 saturated carbocycles. The van der Waals surface area contributed by atoms with Crippen molar-refractivity contribution in [1.29, 1.82) is 0 Å². The monoisotopic (exact) mass is 262 g/mol. The molecule has 0 unspecified atom stereocenters. The van der Waals surface area contributed by atoms with E-state index in [2.05, 4.69) is 5.32 Å². The van der Waals surface area contributed by atoms with E-state index in [1.165, 1.54) is 0 Å². The third kappa shape index (κ3) is 3.71. The van der Waals surface area contributed by atoms with E-state index in [1.54, 1.807) is 4.90 Å². The lowest BCUT2D eigenvalue weighted by Gasteiger charge is -2.12. The summed E-state index contributed by atoms with van der Waals surface area (Å²) >= 11 is 0. The molecule has 102 valence electrons. The molecule has 0 aromatic heterocycles. The fraction of sp³-hybridized carbons (Fsp3) is 0.429. The SMILES string of the molecule is Cc1ccccc1CNC(=O)CCN1CCOC1=O. The number of rotatable bonds is 5. The first-order chi connectivity index (χ1) is 9.16. The van der Waals surface area contributed by atoms with Gasteiger partial charge < -0.3 is 15.0 Å². The summed E-state index contributed by atoms with van der Waals surface area (Å²) in [6, 6.07) is 7.93. The first-order valence-electron chi connectivity index (χ1n) is 6.40. The molecule has 5 heteroatoms. The lowest BCUT2D eigenvalue weighted by atomic mass is 10.1. The zero-order chi connectivity index (χ0) is 13.7. The molecule has 5 nitrogen and oxygen atoms in total. The first kappa shape index (κ1) is 13.4. The zero-order valence-electron chi connectivity index (χ0n) is 11.0. The van der Waals surface area contributed by atoms with Gasteiger partial charge in [-0.05, 0) is 18.1 Å². The summed E-state index contributed by atoms with van der Waals surface area (Å²) < 4.78 is 4.80. The van der Waals surface area contributed by atoms with E-state index in [4.69, 9.17) is 4.74 Å². The Labute approximate surface area is 112 Å².